The van der Waals surface area contributed by atoms with Crippen molar-refractivity contribution in [3.63, 3.8) is 0 Å². The van der Waals surface area contributed by atoms with E-state index in [1.807, 2.05) is 0 Å². The summed E-state index contributed by atoms with van der Waals surface area (Å²) in [5.74, 6) is -0.990. The van der Waals surface area contributed by atoms with Crippen molar-refractivity contribution >= 4 is 15.7 Å². The Labute approximate surface area is 122 Å². The van der Waals surface area contributed by atoms with Crippen molar-refractivity contribution in [2.24, 2.45) is 0 Å². The van der Waals surface area contributed by atoms with Crippen molar-refractivity contribution in [3.05, 3.63) is 34.1 Å². The molecule has 0 radical (unpaired) electrons. The van der Waals surface area contributed by atoms with Crippen LogP contribution in [-0.4, -0.2) is 43.8 Å². The van der Waals surface area contributed by atoms with Crippen LogP contribution in [0.25, 0.3) is 0 Å². The average molecular weight is 317 g/mol. The average Bonchev–Trinajstić information content (AvgIpc) is 2.47. The first-order valence-electron chi connectivity index (χ1n) is 6.46. The molecule has 1 saturated heterocycles. The second kappa shape index (κ2) is 6.04. The Morgan fingerprint density at radius 1 is 1.48 bits per heavy atom. The van der Waals surface area contributed by atoms with Crippen LogP contribution in [0.15, 0.2) is 23.1 Å². The Morgan fingerprint density at radius 3 is 2.76 bits per heavy atom. The number of non-ortho nitro benzene ring substituents is 1. The molecule has 1 atom stereocenters. The zero-order chi connectivity index (χ0) is 15.6. The maximum Gasteiger partial charge on any atom is 0.270 e. The predicted molar refractivity (Wildman–Crippen MR) is 73.9 cm³/mol. The van der Waals surface area contributed by atoms with E-state index in [2.05, 4.69) is 5.32 Å². The fraction of sp³-hybridized carbons (Fsp3) is 0.500. The molecule has 1 aromatic carbocycles. The highest BCUT2D eigenvalue weighted by Gasteiger charge is 2.32. The minimum Gasteiger partial charge on any atom is -0.315 e. The number of halogens is 1. The van der Waals surface area contributed by atoms with Crippen LogP contribution in [-0.2, 0) is 10.0 Å². The summed E-state index contributed by atoms with van der Waals surface area (Å²) in [4.78, 5) is 9.32. The minimum absolute atomic E-state index is 0.289. The molecule has 0 amide bonds. The third-order valence-electron chi connectivity index (χ3n) is 3.57. The molecule has 0 aliphatic carbocycles. The van der Waals surface area contributed by atoms with Crippen molar-refractivity contribution in [1.82, 2.24) is 9.62 Å². The first kappa shape index (κ1) is 15.8. The standard InChI is InChI=1S/C12H16FN3O4S/c1-15(10-3-2-6-14-8-10)21(19,20)12-7-9(16(17)18)4-5-11(12)13/h4-5,7,10,14H,2-3,6,8H2,1H3. The summed E-state index contributed by atoms with van der Waals surface area (Å²) in [5, 5.41) is 13.8. The summed E-state index contributed by atoms with van der Waals surface area (Å²) in [7, 11) is -2.75. The van der Waals surface area contributed by atoms with E-state index in [1.54, 1.807) is 0 Å². The van der Waals surface area contributed by atoms with E-state index >= 15 is 0 Å². The molecule has 7 nitrogen and oxygen atoms in total. The number of nitrogens with zero attached hydrogens (tertiary/aromatic N) is 2. The van der Waals surface area contributed by atoms with Crippen molar-refractivity contribution in [2.45, 2.75) is 23.8 Å². The second-order valence-corrected chi connectivity index (χ2v) is 6.86. The van der Waals surface area contributed by atoms with Gasteiger partial charge in [0.15, 0.2) is 0 Å². The zero-order valence-electron chi connectivity index (χ0n) is 11.5. The van der Waals surface area contributed by atoms with Crippen LogP contribution in [0.5, 0.6) is 0 Å². The van der Waals surface area contributed by atoms with Crippen molar-refractivity contribution in [2.75, 3.05) is 20.1 Å². The summed E-state index contributed by atoms with van der Waals surface area (Å²) in [6.45, 7) is 1.29. The van der Waals surface area contributed by atoms with Crippen LogP contribution in [0.4, 0.5) is 10.1 Å². The van der Waals surface area contributed by atoms with Crippen LogP contribution >= 0.6 is 0 Å². The van der Waals surface area contributed by atoms with Crippen LogP contribution in [0.3, 0.4) is 0 Å². The van der Waals surface area contributed by atoms with Gasteiger partial charge in [0.1, 0.15) is 10.7 Å². The molecule has 1 aliphatic rings. The smallest absolute Gasteiger partial charge is 0.270 e. The molecule has 0 spiro atoms. The van der Waals surface area contributed by atoms with Crippen LogP contribution in [0.1, 0.15) is 12.8 Å². The predicted octanol–water partition coefficient (Wildman–Crippen LogP) is 1.11. The van der Waals surface area contributed by atoms with Crippen molar-refractivity contribution in [1.29, 1.82) is 0 Å². The number of likely N-dealkylation sites (N-methyl/N-ethyl adjacent to an activating group) is 1. The summed E-state index contributed by atoms with van der Waals surface area (Å²) in [6, 6.07) is 2.22. The molecule has 1 aromatic rings. The van der Waals surface area contributed by atoms with Gasteiger partial charge in [-0.2, -0.15) is 4.31 Å². The van der Waals surface area contributed by atoms with Gasteiger partial charge in [-0.15, -0.1) is 0 Å². The van der Waals surface area contributed by atoms with Gasteiger partial charge >= 0.3 is 0 Å². The molecule has 1 unspecified atom stereocenters. The number of hydrogen-bond acceptors (Lipinski definition) is 5. The lowest BCUT2D eigenvalue weighted by Gasteiger charge is -2.30. The van der Waals surface area contributed by atoms with E-state index in [0.29, 0.717) is 13.0 Å². The third kappa shape index (κ3) is 3.20. The van der Waals surface area contributed by atoms with Gasteiger partial charge in [0.25, 0.3) is 5.69 Å². The maximum atomic E-state index is 13.8. The molecular formula is C12H16FN3O4S. The lowest BCUT2D eigenvalue weighted by Crippen LogP contribution is -2.46. The number of sulfonamides is 1. The lowest BCUT2D eigenvalue weighted by molar-refractivity contribution is -0.385. The summed E-state index contributed by atoms with van der Waals surface area (Å²) in [6.07, 6.45) is 1.49. The summed E-state index contributed by atoms with van der Waals surface area (Å²) >= 11 is 0. The van der Waals surface area contributed by atoms with Gasteiger partial charge in [0.2, 0.25) is 10.0 Å². The van der Waals surface area contributed by atoms with Crippen molar-refractivity contribution < 1.29 is 17.7 Å². The van der Waals surface area contributed by atoms with E-state index < -0.39 is 31.3 Å². The van der Waals surface area contributed by atoms with Gasteiger partial charge in [-0.1, -0.05) is 0 Å². The second-order valence-electron chi connectivity index (χ2n) is 4.89. The van der Waals surface area contributed by atoms with Gasteiger partial charge in [-0.25, -0.2) is 12.8 Å². The van der Waals surface area contributed by atoms with Crippen LogP contribution < -0.4 is 5.32 Å². The Kier molecular flexibility index (Phi) is 4.55. The molecular weight excluding hydrogens is 301 g/mol. The molecule has 0 saturated carbocycles. The molecule has 9 heteroatoms. The van der Waals surface area contributed by atoms with Crippen molar-refractivity contribution in [3.8, 4) is 0 Å². The molecule has 1 heterocycles. The number of nitrogens with one attached hydrogen (secondary N) is 1. The molecule has 2 rings (SSSR count). The molecule has 1 N–H and O–H groups in total. The van der Waals surface area contributed by atoms with E-state index in [-0.39, 0.29) is 6.04 Å². The summed E-state index contributed by atoms with van der Waals surface area (Å²) in [5.41, 5.74) is -0.454. The largest absolute Gasteiger partial charge is 0.315 e. The number of benzene rings is 1. The number of nitro groups is 1. The fourth-order valence-corrected chi connectivity index (χ4v) is 3.77. The Morgan fingerprint density at radius 2 is 2.19 bits per heavy atom. The van der Waals surface area contributed by atoms with E-state index in [0.717, 1.165) is 35.5 Å². The Bertz CT molecular complexity index is 644. The first-order chi connectivity index (χ1) is 9.84. The molecule has 0 aromatic heterocycles. The van der Waals surface area contributed by atoms with Crippen LogP contribution in [0.2, 0.25) is 0 Å². The quantitative estimate of drug-likeness (QED) is 0.663. The molecule has 1 fully saturated rings. The monoisotopic (exact) mass is 317 g/mol. The first-order valence-corrected chi connectivity index (χ1v) is 7.90. The fourth-order valence-electron chi connectivity index (χ4n) is 2.30. The molecule has 116 valence electrons. The number of piperidine rings is 1. The molecule has 0 bridgehead atoms. The highest BCUT2D eigenvalue weighted by molar-refractivity contribution is 7.89. The van der Waals surface area contributed by atoms with Gasteiger partial charge < -0.3 is 5.32 Å². The number of hydrogen-bond donors (Lipinski definition) is 1. The normalized spacial score (nSPS) is 19.7. The Hall–Kier alpha value is -1.58. The molecule has 1 aliphatic heterocycles. The van der Waals surface area contributed by atoms with Gasteiger partial charge in [-0.3, -0.25) is 10.1 Å². The molecule has 21 heavy (non-hydrogen) atoms. The summed E-state index contributed by atoms with van der Waals surface area (Å²) < 4.78 is 39.8. The van der Waals surface area contributed by atoms with Gasteiger partial charge in [0, 0.05) is 31.8 Å². The topological polar surface area (TPSA) is 92.6 Å². The van der Waals surface area contributed by atoms with E-state index in [4.69, 9.17) is 0 Å². The lowest BCUT2D eigenvalue weighted by atomic mass is 10.1. The van der Waals surface area contributed by atoms with E-state index in [1.165, 1.54) is 7.05 Å². The van der Waals surface area contributed by atoms with E-state index in [9.17, 15) is 22.9 Å². The van der Waals surface area contributed by atoms with Crippen LogP contribution in [0, 0.1) is 15.9 Å². The highest BCUT2D eigenvalue weighted by atomic mass is 32.2. The van der Waals surface area contributed by atoms with Gasteiger partial charge in [-0.05, 0) is 25.5 Å². The highest BCUT2D eigenvalue weighted by Crippen LogP contribution is 2.25. The Balaban J connectivity index is 2.38. The SMILES string of the molecule is CN(C1CCCNC1)S(=O)(=O)c1cc([N+](=O)[O-])ccc1F. The number of nitro benzene ring substituents is 1. The third-order valence-corrected chi connectivity index (χ3v) is 5.49. The maximum absolute atomic E-state index is 13.8. The van der Waals surface area contributed by atoms with Gasteiger partial charge in [0.05, 0.1) is 4.92 Å². The minimum atomic E-state index is -4.11. The number of rotatable bonds is 4. The zero-order valence-corrected chi connectivity index (χ0v) is 12.3.